The van der Waals surface area contributed by atoms with E-state index in [4.69, 9.17) is 0 Å². The molecule has 5 nitrogen and oxygen atoms in total. The van der Waals surface area contributed by atoms with Crippen molar-refractivity contribution in [3.63, 3.8) is 0 Å². The molecule has 0 saturated carbocycles. The predicted octanol–water partition coefficient (Wildman–Crippen LogP) is 0.0688. The smallest absolute Gasteiger partial charge is 0.314 e. The van der Waals surface area contributed by atoms with Crippen LogP contribution >= 0.6 is 0 Å². The largest absolute Gasteiger partial charge is 0.328 e. The van der Waals surface area contributed by atoms with E-state index in [2.05, 4.69) is 10.3 Å². The number of hydrogen-bond acceptors (Lipinski definition) is 3. The van der Waals surface area contributed by atoms with E-state index in [-0.39, 0.29) is 11.2 Å². The molecule has 1 atom stereocenters. The number of nitrogens with zero attached hydrogens (tertiary/aromatic N) is 1. The quantitative estimate of drug-likeness (QED) is 0.762. The van der Waals surface area contributed by atoms with Crippen LogP contribution in [0.5, 0.6) is 0 Å². The zero-order valence-corrected chi connectivity index (χ0v) is 9.24. The SMILES string of the molecule is O=c1ccn(CCC2CCCCN2)c(=O)[nH]1. The van der Waals surface area contributed by atoms with Gasteiger partial charge in [-0.15, -0.1) is 0 Å². The maximum Gasteiger partial charge on any atom is 0.328 e. The number of hydrogen-bond donors (Lipinski definition) is 2. The van der Waals surface area contributed by atoms with E-state index in [0.29, 0.717) is 12.6 Å². The molecule has 1 aromatic rings. The number of aryl methyl sites for hydroxylation is 1. The fraction of sp³-hybridized carbons (Fsp3) is 0.636. The zero-order valence-electron chi connectivity index (χ0n) is 9.24. The summed E-state index contributed by atoms with van der Waals surface area (Å²) in [6.07, 6.45) is 6.18. The maximum atomic E-state index is 11.4. The molecular formula is C11H17N3O2. The van der Waals surface area contributed by atoms with Crippen LogP contribution in [0.4, 0.5) is 0 Å². The van der Waals surface area contributed by atoms with E-state index in [1.54, 1.807) is 10.8 Å². The molecule has 2 heterocycles. The van der Waals surface area contributed by atoms with Gasteiger partial charge in [0.2, 0.25) is 0 Å². The highest BCUT2D eigenvalue weighted by Crippen LogP contribution is 2.10. The second kappa shape index (κ2) is 5.12. The van der Waals surface area contributed by atoms with Crippen molar-refractivity contribution < 1.29 is 0 Å². The maximum absolute atomic E-state index is 11.4. The van der Waals surface area contributed by atoms with E-state index < -0.39 is 0 Å². The minimum absolute atomic E-state index is 0.316. The topological polar surface area (TPSA) is 66.9 Å². The van der Waals surface area contributed by atoms with E-state index in [1.165, 1.54) is 25.3 Å². The fourth-order valence-corrected chi connectivity index (χ4v) is 2.09. The summed E-state index contributed by atoms with van der Waals surface area (Å²) in [6, 6.07) is 1.89. The summed E-state index contributed by atoms with van der Waals surface area (Å²) in [5.41, 5.74) is -0.652. The van der Waals surface area contributed by atoms with Crippen LogP contribution in [-0.4, -0.2) is 22.1 Å². The van der Waals surface area contributed by atoms with Gasteiger partial charge < -0.3 is 9.88 Å². The number of piperidine rings is 1. The molecule has 1 aliphatic heterocycles. The highest BCUT2D eigenvalue weighted by atomic mass is 16.2. The van der Waals surface area contributed by atoms with Gasteiger partial charge in [-0.2, -0.15) is 0 Å². The molecule has 0 bridgehead atoms. The Kier molecular flexibility index (Phi) is 3.56. The Morgan fingerprint density at radius 1 is 1.38 bits per heavy atom. The van der Waals surface area contributed by atoms with Crippen molar-refractivity contribution in [3.05, 3.63) is 33.1 Å². The molecule has 0 aromatic carbocycles. The van der Waals surface area contributed by atoms with Gasteiger partial charge in [-0.05, 0) is 25.8 Å². The first-order chi connectivity index (χ1) is 7.75. The third-order valence-corrected chi connectivity index (χ3v) is 3.03. The van der Waals surface area contributed by atoms with Crippen molar-refractivity contribution in [2.75, 3.05) is 6.54 Å². The average molecular weight is 223 g/mol. The fourth-order valence-electron chi connectivity index (χ4n) is 2.09. The Morgan fingerprint density at radius 2 is 2.25 bits per heavy atom. The summed E-state index contributed by atoms with van der Waals surface area (Å²) >= 11 is 0. The second-order valence-corrected chi connectivity index (χ2v) is 4.24. The van der Waals surface area contributed by atoms with Crippen LogP contribution in [0.3, 0.4) is 0 Å². The van der Waals surface area contributed by atoms with Gasteiger partial charge in [0.15, 0.2) is 0 Å². The number of aromatic amines is 1. The summed E-state index contributed by atoms with van der Waals surface area (Å²) in [4.78, 5) is 24.5. The molecule has 16 heavy (non-hydrogen) atoms. The Bertz CT molecular complexity index is 443. The monoisotopic (exact) mass is 223 g/mol. The first-order valence-corrected chi connectivity index (χ1v) is 5.79. The molecule has 5 heteroatoms. The lowest BCUT2D eigenvalue weighted by atomic mass is 10.0. The lowest BCUT2D eigenvalue weighted by Crippen LogP contribution is -2.36. The first kappa shape index (κ1) is 11.1. The summed E-state index contributed by atoms with van der Waals surface area (Å²) in [5, 5.41) is 3.43. The van der Waals surface area contributed by atoms with Crippen LogP contribution in [0.1, 0.15) is 25.7 Å². The highest BCUT2D eigenvalue weighted by molar-refractivity contribution is 4.83. The van der Waals surface area contributed by atoms with Gasteiger partial charge in [-0.25, -0.2) is 4.79 Å². The van der Waals surface area contributed by atoms with E-state index in [9.17, 15) is 9.59 Å². The van der Waals surface area contributed by atoms with Crippen molar-refractivity contribution in [2.45, 2.75) is 38.3 Å². The van der Waals surface area contributed by atoms with Gasteiger partial charge >= 0.3 is 5.69 Å². The summed E-state index contributed by atoms with van der Waals surface area (Å²) in [5.74, 6) is 0. The van der Waals surface area contributed by atoms with E-state index in [0.717, 1.165) is 13.0 Å². The molecular weight excluding hydrogens is 206 g/mol. The molecule has 0 radical (unpaired) electrons. The normalized spacial score (nSPS) is 20.9. The molecule has 88 valence electrons. The molecule has 1 saturated heterocycles. The van der Waals surface area contributed by atoms with Crippen LogP contribution < -0.4 is 16.6 Å². The number of rotatable bonds is 3. The Labute approximate surface area is 93.5 Å². The lowest BCUT2D eigenvalue weighted by Gasteiger charge is -2.23. The first-order valence-electron chi connectivity index (χ1n) is 5.79. The highest BCUT2D eigenvalue weighted by Gasteiger charge is 2.12. The van der Waals surface area contributed by atoms with Crippen molar-refractivity contribution in [1.82, 2.24) is 14.9 Å². The number of H-pyrrole nitrogens is 1. The molecule has 2 N–H and O–H groups in total. The van der Waals surface area contributed by atoms with Gasteiger partial charge in [0.1, 0.15) is 0 Å². The Hall–Kier alpha value is -1.36. The number of aromatic nitrogens is 2. The van der Waals surface area contributed by atoms with Crippen molar-refractivity contribution >= 4 is 0 Å². The van der Waals surface area contributed by atoms with Gasteiger partial charge in [0, 0.05) is 24.8 Å². The van der Waals surface area contributed by atoms with Gasteiger partial charge in [-0.1, -0.05) is 6.42 Å². The Morgan fingerprint density at radius 3 is 2.94 bits per heavy atom. The summed E-state index contributed by atoms with van der Waals surface area (Å²) in [6.45, 7) is 1.73. The molecule has 1 aliphatic rings. The molecule has 2 rings (SSSR count). The van der Waals surface area contributed by atoms with Crippen molar-refractivity contribution in [2.24, 2.45) is 0 Å². The van der Waals surface area contributed by atoms with E-state index in [1.807, 2.05) is 0 Å². The minimum atomic E-state index is -0.336. The van der Waals surface area contributed by atoms with Crippen LogP contribution in [0.2, 0.25) is 0 Å². The summed E-state index contributed by atoms with van der Waals surface area (Å²) in [7, 11) is 0. The third-order valence-electron chi connectivity index (χ3n) is 3.03. The molecule has 0 amide bonds. The van der Waals surface area contributed by atoms with E-state index >= 15 is 0 Å². The third kappa shape index (κ3) is 2.82. The van der Waals surface area contributed by atoms with Crippen LogP contribution in [0.25, 0.3) is 0 Å². The van der Waals surface area contributed by atoms with Crippen molar-refractivity contribution in [3.8, 4) is 0 Å². The summed E-state index contributed by atoms with van der Waals surface area (Å²) < 4.78 is 1.55. The number of nitrogens with one attached hydrogen (secondary N) is 2. The van der Waals surface area contributed by atoms with Gasteiger partial charge in [0.05, 0.1) is 0 Å². The lowest BCUT2D eigenvalue weighted by molar-refractivity contribution is 0.364. The molecule has 1 aromatic heterocycles. The standard InChI is InChI=1S/C11H17N3O2/c15-10-5-8-14(11(16)13-10)7-4-9-3-1-2-6-12-9/h5,8-9,12H,1-4,6-7H2,(H,13,15,16). The molecule has 0 spiro atoms. The van der Waals surface area contributed by atoms with Crippen LogP contribution in [-0.2, 0) is 6.54 Å². The van der Waals surface area contributed by atoms with Crippen molar-refractivity contribution in [1.29, 1.82) is 0 Å². The van der Waals surface area contributed by atoms with Crippen LogP contribution in [0.15, 0.2) is 21.9 Å². The molecule has 1 unspecified atom stereocenters. The zero-order chi connectivity index (χ0) is 11.4. The van der Waals surface area contributed by atoms with Gasteiger partial charge in [-0.3, -0.25) is 9.78 Å². The average Bonchev–Trinajstić information content (AvgIpc) is 2.29. The van der Waals surface area contributed by atoms with Crippen LogP contribution in [0, 0.1) is 0 Å². The van der Waals surface area contributed by atoms with Gasteiger partial charge in [0.25, 0.3) is 5.56 Å². The predicted molar refractivity (Wildman–Crippen MR) is 61.6 cm³/mol. The Balaban J connectivity index is 1.93. The second-order valence-electron chi connectivity index (χ2n) is 4.24. The molecule has 1 fully saturated rings. The molecule has 0 aliphatic carbocycles. The minimum Gasteiger partial charge on any atom is -0.314 e.